The molecule has 1 saturated carbocycles. The number of rotatable bonds is 6. The number of nitrogens with zero attached hydrogens (tertiary/aromatic N) is 2. The molecule has 1 aliphatic carbocycles. The van der Waals surface area contributed by atoms with E-state index < -0.39 is 0 Å². The van der Waals surface area contributed by atoms with E-state index in [1.54, 1.807) is 0 Å². The van der Waals surface area contributed by atoms with Gasteiger partial charge in [-0.1, -0.05) is 26.2 Å². The molecule has 1 aromatic heterocycles. The van der Waals surface area contributed by atoms with Crippen LogP contribution in [0.2, 0.25) is 0 Å². The lowest BCUT2D eigenvalue weighted by molar-refractivity contribution is 0.262. The summed E-state index contributed by atoms with van der Waals surface area (Å²) in [4.78, 5) is 0. The second-order valence-electron chi connectivity index (χ2n) is 6.31. The van der Waals surface area contributed by atoms with Crippen LogP contribution >= 0.6 is 0 Å². The SMILES string of the molecule is CCC1CCC(CNCc2ccn(C(C)C)n2)CC1. The van der Waals surface area contributed by atoms with E-state index in [9.17, 15) is 0 Å². The van der Waals surface area contributed by atoms with Crippen molar-refractivity contribution in [1.82, 2.24) is 15.1 Å². The molecule has 1 aromatic rings. The lowest BCUT2D eigenvalue weighted by Crippen LogP contribution is -2.26. The monoisotopic (exact) mass is 263 g/mol. The minimum absolute atomic E-state index is 0.457. The predicted octanol–water partition coefficient (Wildman–Crippen LogP) is 3.77. The molecular weight excluding hydrogens is 234 g/mol. The zero-order chi connectivity index (χ0) is 13.7. The van der Waals surface area contributed by atoms with Crippen LogP contribution in [0.15, 0.2) is 12.3 Å². The van der Waals surface area contributed by atoms with Crippen molar-refractivity contribution in [2.75, 3.05) is 6.54 Å². The van der Waals surface area contributed by atoms with Crippen LogP contribution in [0.25, 0.3) is 0 Å². The maximum absolute atomic E-state index is 4.57. The van der Waals surface area contributed by atoms with Crippen molar-refractivity contribution in [3.8, 4) is 0 Å². The fraction of sp³-hybridized carbons (Fsp3) is 0.812. The Kier molecular flexibility index (Phi) is 5.44. The first-order chi connectivity index (χ1) is 9.19. The van der Waals surface area contributed by atoms with Crippen LogP contribution < -0.4 is 5.32 Å². The first-order valence-electron chi connectivity index (χ1n) is 7.93. The summed E-state index contributed by atoms with van der Waals surface area (Å²) in [5.74, 6) is 1.88. The van der Waals surface area contributed by atoms with E-state index in [4.69, 9.17) is 0 Å². The highest BCUT2D eigenvalue weighted by atomic mass is 15.3. The molecule has 0 saturated heterocycles. The molecule has 108 valence electrons. The van der Waals surface area contributed by atoms with Crippen molar-refractivity contribution in [2.24, 2.45) is 11.8 Å². The molecule has 0 aliphatic heterocycles. The molecule has 1 heterocycles. The van der Waals surface area contributed by atoms with Gasteiger partial charge in [0, 0.05) is 18.8 Å². The minimum atomic E-state index is 0.457. The molecule has 2 rings (SSSR count). The first-order valence-corrected chi connectivity index (χ1v) is 7.93. The van der Waals surface area contributed by atoms with Gasteiger partial charge in [0.1, 0.15) is 0 Å². The number of nitrogens with one attached hydrogen (secondary N) is 1. The van der Waals surface area contributed by atoms with Gasteiger partial charge in [0.05, 0.1) is 5.69 Å². The summed E-state index contributed by atoms with van der Waals surface area (Å²) < 4.78 is 2.03. The Balaban J connectivity index is 1.66. The molecule has 1 N–H and O–H groups in total. The first kappa shape index (κ1) is 14.6. The summed E-state index contributed by atoms with van der Waals surface area (Å²) in [6.45, 7) is 8.72. The predicted molar refractivity (Wildman–Crippen MR) is 80.1 cm³/mol. The van der Waals surface area contributed by atoms with Gasteiger partial charge in [0.2, 0.25) is 0 Å². The van der Waals surface area contributed by atoms with E-state index in [0.717, 1.165) is 30.6 Å². The van der Waals surface area contributed by atoms with Crippen LogP contribution in [0.1, 0.15) is 64.6 Å². The highest BCUT2D eigenvalue weighted by Crippen LogP contribution is 2.30. The third-order valence-corrected chi connectivity index (χ3v) is 4.48. The number of hydrogen-bond acceptors (Lipinski definition) is 2. The molecule has 0 bridgehead atoms. The Bertz CT molecular complexity index is 362. The van der Waals surface area contributed by atoms with Gasteiger partial charge in [0.25, 0.3) is 0 Å². The second-order valence-corrected chi connectivity index (χ2v) is 6.31. The van der Waals surface area contributed by atoms with Crippen molar-refractivity contribution >= 4 is 0 Å². The smallest absolute Gasteiger partial charge is 0.0762 e. The van der Waals surface area contributed by atoms with Crippen molar-refractivity contribution in [1.29, 1.82) is 0 Å². The topological polar surface area (TPSA) is 29.9 Å². The molecule has 0 spiro atoms. The van der Waals surface area contributed by atoms with Gasteiger partial charge in [-0.15, -0.1) is 0 Å². The number of aromatic nitrogens is 2. The van der Waals surface area contributed by atoms with Crippen LogP contribution in [0.5, 0.6) is 0 Å². The van der Waals surface area contributed by atoms with Crippen molar-refractivity contribution < 1.29 is 0 Å². The van der Waals surface area contributed by atoms with Gasteiger partial charge in [-0.3, -0.25) is 4.68 Å². The van der Waals surface area contributed by atoms with E-state index in [1.807, 2.05) is 4.68 Å². The number of hydrogen-bond donors (Lipinski definition) is 1. The lowest BCUT2D eigenvalue weighted by Gasteiger charge is -2.27. The van der Waals surface area contributed by atoms with E-state index >= 15 is 0 Å². The van der Waals surface area contributed by atoms with Crippen molar-refractivity contribution in [3.05, 3.63) is 18.0 Å². The Morgan fingerprint density at radius 2 is 1.95 bits per heavy atom. The normalized spacial score (nSPS) is 24.0. The third kappa shape index (κ3) is 4.34. The summed E-state index contributed by atoms with van der Waals surface area (Å²) in [5.41, 5.74) is 1.16. The quantitative estimate of drug-likeness (QED) is 0.846. The van der Waals surface area contributed by atoms with E-state index in [0.29, 0.717) is 6.04 Å². The fourth-order valence-electron chi connectivity index (χ4n) is 3.01. The summed E-state index contributed by atoms with van der Waals surface area (Å²) in [6, 6.07) is 2.58. The maximum Gasteiger partial charge on any atom is 0.0762 e. The van der Waals surface area contributed by atoms with Crippen LogP contribution in [-0.4, -0.2) is 16.3 Å². The van der Waals surface area contributed by atoms with Crippen molar-refractivity contribution in [3.63, 3.8) is 0 Å². The molecular formula is C16H29N3. The van der Waals surface area contributed by atoms with Gasteiger partial charge in [-0.05, 0) is 51.1 Å². The van der Waals surface area contributed by atoms with Crippen LogP contribution in [0, 0.1) is 11.8 Å². The molecule has 0 unspecified atom stereocenters. The molecule has 0 aromatic carbocycles. The fourth-order valence-corrected chi connectivity index (χ4v) is 3.01. The van der Waals surface area contributed by atoms with Gasteiger partial charge < -0.3 is 5.32 Å². The Morgan fingerprint density at radius 3 is 2.53 bits per heavy atom. The van der Waals surface area contributed by atoms with Gasteiger partial charge in [-0.2, -0.15) is 5.10 Å². The molecule has 1 fully saturated rings. The molecule has 0 atom stereocenters. The highest BCUT2D eigenvalue weighted by Gasteiger charge is 2.19. The molecule has 19 heavy (non-hydrogen) atoms. The summed E-state index contributed by atoms with van der Waals surface area (Å²) in [6.07, 6.45) is 9.13. The average Bonchev–Trinajstić information content (AvgIpc) is 2.89. The largest absolute Gasteiger partial charge is 0.311 e. The zero-order valence-electron chi connectivity index (χ0n) is 12.7. The lowest BCUT2D eigenvalue weighted by atomic mass is 9.81. The summed E-state index contributed by atoms with van der Waals surface area (Å²) in [7, 11) is 0. The molecule has 3 nitrogen and oxygen atoms in total. The van der Waals surface area contributed by atoms with E-state index in [2.05, 4.69) is 43.4 Å². The maximum atomic E-state index is 4.57. The zero-order valence-corrected chi connectivity index (χ0v) is 12.7. The molecule has 0 radical (unpaired) electrons. The van der Waals surface area contributed by atoms with E-state index in [-0.39, 0.29) is 0 Å². The molecule has 0 amide bonds. The Morgan fingerprint density at radius 1 is 1.26 bits per heavy atom. The molecule has 3 heteroatoms. The average molecular weight is 263 g/mol. The minimum Gasteiger partial charge on any atom is -0.311 e. The van der Waals surface area contributed by atoms with Crippen molar-refractivity contribution in [2.45, 2.75) is 65.5 Å². The van der Waals surface area contributed by atoms with Gasteiger partial charge in [0.15, 0.2) is 0 Å². The summed E-state index contributed by atoms with van der Waals surface area (Å²) in [5, 5.41) is 8.15. The highest BCUT2D eigenvalue weighted by molar-refractivity contribution is 4.99. The van der Waals surface area contributed by atoms with Crippen LogP contribution in [0.4, 0.5) is 0 Å². The second kappa shape index (κ2) is 7.09. The van der Waals surface area contributed by atoms with Gasteiger partial charge in [-0.25, -0.2) is 0 Å². The Labute approximate surface area is 117 Å². The standard InChI is InChI=1S/C16H29N3/c1-4-14-5-7-15(8-6-14)11-17-12-16-9-10-19(18-16)13(2)3/h9-10,13-15,17H,4-8,11-12H2,1-3H3. The summed E-state index contributed by atoms with van der Waals surface area (Å²) >= 11 is 0. The Hall–Kier alpha value is -0.830. The molecule has 1 aliphatic rings. The van der Waals surface area contributed by atoms with Gasteiger partial charge >= 0.3 is 0 Å². The van der Waals surface area contributed by atoms with E-state index in [1.165, 1.54) is 32.1 Å². The van der Waals surface area contributed by atoms with Crippen LogP contribution in [0.3, 0.4) is 0 Å². The van der Waals surface area contributed by atoms with Crippen LogP contribution in [-0.2, 0) is 6.54 Å². The third-order valence-electron chi connectivity index (χ3n) is 4.48.